The molecule has 3 rings (SSSR count). The summed E-state index contributed by atoms with van der Waals surface area (Å²) in [5, 5.41) is 19.9. The minimum Gasteiger partial charge on any atom is -0.387 e. The lowest BCUT2D eigenvalue weighted by Gasteiger charge is -2.27. The van der Waals surface area contributed by atoms with Crippen molar-refractivity contribution in [1.29, 1.82) is 0 Å². The Balaban J connectivity index is 1.70. The van der Waals surface area contributed by atoms with E-state index in [0.717, 1.165) is 12.3 Å². The molecule has 0 aliphatic carbocycles. The number of halogens is 1. The van der Waals surface area contributed by atoms with Crippen LogP contribution < -0.4 is 10.8 Å². The molecule has 0 spiro atoms. The number of amides is 3. The molecule has 11 nitrogen and oxygen atoms in total. The van der Waals surface area contributed by atoms with E-state index in [1.54, 1.807) is 6.07 Å². The molecular weight excluding hydrogens is 483 g/mol. The van der Waals surface area contributed by atoms with Gasteiger partial charge in [-0.05, 0) is 37.6 Å². The van der Waals surface area contributed by atoms with Crippen LogP contribution in [0.25, 0.3) is 0 Å². The number of fused-ring (bicyclic) bond motifs is 1. The molecule has 0 unspecified atom stereocenters. The standard InChI is InChI=1S/C22H23FN4O7S/c1-22(20(30)25-32,35(2,33)34)7-8-26-12-16-9-15(11-27(16)21(26)31)4-3-14-5-6-18(17(23)10-14)24-19(29)13-28/h5-6,9-11,28,32H,7-8,12-13H2,1-2H3,(H,24,29)(H,25,30)/t22-/m1/s1. The van der Waals surface area contributed by atoms with Crippen LogP contribution in [0.15, 0.2) is 30.5 Å². The first-order valence-corrected chi connectivity index (χ1v) is 12.2. The van der Waals surface area contributed by atoms with Crippen molar-refractivity contribution in [3.63, 3.8) is 0 Å². The van der Waals surface area contributed by atoms with E-state index in [4.69, 9.17) is 10.3 Å². The zero-order valence-electron chi connectivity index (χ0n) is 18.8. The third-order valence-electron chi connectivity index (χ3n) is 5.73. The Morgan fingerprint density at radius 1 is 1.23 bits per heavy atom. The predicted octanol–water partition coefficient (Wildman–Crippen LogP) is 0.440. The SMILES string of the molecule is C[C@@](CCN1Cc2cc(C#Cc3ccc(NC(=O)CO)c(F)c3)cn2C1=O)(C(=O)NO)S(C)(=O)=O. The number of aliphatic hydroxyl groups is 1. The van der Waals surface area contributed by atoms with Crippen molar-refractivity contribution in [2.24, 2.45) is 0 Å². The fourth-order valence-corrected chi connectivity index (χ4v) is 4.27. The number of sulfone groups is 1. The quantitative estimate of drug-likeness (QED) is 0.241. The van der Waals surface area contributed by atoms with Crippen LogP contribution in [0.1, 0.15) is 30.2 Å². The fraction of sp³-hybridized carbons (Fsp3) is 0.318. The summed E-state index contributed by atoms with van der Waals surface area (Å²) in [4.78, 5) is 37.2. The number of aromatic nitrogens is 1. The van der Waals surface area contributed by atoms with Gasteiger partial charge in [-0.3, -0.25) is 19.4 Å². The van der Waals surface area contributed by atoms with Gasteiger partial charge in [-0.2, -0.15) is 0 Å². The van der Waals surface area contributed by atoms with Crippen molar-refractivity contribution in [2.45, 2.75) is 24.6 Å². The molecule has 1 aromatic carbocycles. The molecule has 1 aliphatic rings. The molecule has 186 valence electrons. The zero-order chi connectivity index (χ0) is 26.0. The Morgan fingerprint density at radius 3 is 2.49 bits per heavy atom. The van der Waals surface area contributed by atoms with Gasteiger partial charge in [0.2, 0.25) is 5.91 Å². The molecule has 2 heterocycles. The Labute approximate surface area is 200 Å². The second-order valence-electron chi connectivity index (χ2n) is 8.14. The number of carbonyl (C=O) groups is 3. The minimum atomic E-state index is -3.89. The number of anilines is 1. The lowest BCUT2D eigenvalue weighted by atomic mass is 10.1. The van der Waals surface area contributed by atoms with Crippen LogP contribution in [-0.4, -0.2) is 70.2 Å². The summed E-state index contributed by atoms with van der Waals surface area (Å²) in [5.74, 6) is 3.04. The Kier molecular flexibility index (Phi) is 7.30. The lowest BCUT2D eigenvalue weighted by Crippen LogP contribution is -2.50. The van der Waals surface area contributed by atoms with Crippen LogP contribution in [-0.2, 0) is 26.0 Å². The second-order valence-corrected chi connectivity index (χ2v) is 10.6. The molecule has 4 N–H and O–H groups in total. The van der Waals surface area contributed by atoms with Crippen LogP contribution in [0, 0.1) is 17.7 Å². The molecule has 35 heavy (non-hydrogen) atoms. The molecule has 13 heteroatoms. The summed E-state index contributed by atoms with van der Waals surface area (Å²) in [6.07, 6.45) is 2.15. The van der Waals surface area contributed by atoms with Gasteiger partial charge in [-0.15, -0.1) is 0 Å². The highest BCUT2D eigenvalue weighted by Gasteiger charge is 2.44. The largest absolute Gasteiger partial charge is 0.387 e. The summed E-state index contributed by atoms with van der Waals surface area (Å²) in [5.41, 5.74) is 2.69. The van der Waals surface area contributed by atoms with Gasteiger partial charge in [0.25, 0.3) is 5.91 Å². The summed E-state index contributed by atoms with van der Waals surface area (Å²) in [6, 6.07) is 5.16. The normalized spacial score (nSPS) is 14.5. The molecular formula is C22H23FN4O7S. The number of hydrogen-bond donors (Lipinski definition) is 4. The van der Waals surface area contributed by atoms with Crippen molar-refractivity contribution in [2.75, 3.05) is 24.7 Å². The number of hydrogen-bond acceptors (Lipinski definition) is 7. The molecule has 0 radical (unpaired) electrons. The van der Waals surface area contributed by atoms with E-state index in [1.165, 1.54) is 40.2 Å². The maximum atomic E-state index is 14.1. The predicted molar refractivity (Wildman–Crippen MR) is 122 cm³/mol. The summed E-state index contributed by atoms with van der Waals surface area (Å²) >= 11 is 0. The van der Waals surface area contributed by atoms with Gasteiger partial charge >= 0.3 is 6.03 Å². The summed E-state index contributed by atoms with van der Waals surface area (Å²) < 4.78 is 37.7. The van der Waals surface area contributed by atoms with Crippen molar-refractivity contribution in [1.82, 2.24) is 14.9 Å². The van der Waals surface area contributed by atoms with Gasteiger partial charge in [-0.25, -0.2) is 23.1 Å². The van der Waals surface area contributed by atoms with E-state index in [2.05, 4.69) is 17.2 Å². The van der Waals surface area contributed by atoms with Gasteiger partial charge in [-0.1, -0.05) is 11.8 Å². The second kappa shape index (κ2) is 9.87. The molecule has 2 aromatic rings. The van der Waals surface area contributed by atoms with E-state index in [0.29, 0.717) is 16.8 Å². The van der Waals surface area contributed by atoms with Crippen LogP contribution in [0.5, 0.6) is 0 Å². The number of hydroxylamine groups is 1. The molecule has 0 saturated carbocycles. The van der Waals surface area contributed by atoms with Gasteiger partial charge in [0.15, 0.2) is 14.6 Å². The van der Waals surface area contributed by atoms with Crippen molar-refractivity contribution in [3.05, 3.63) is 53.1 Å². The van der Waals surface area contributed by atoms with Crippen molar-refractivity contribution >= 4 is 33.4 Å². The highest BCUT2D eigenvalue weighted by molar-refractivity contribution is 7.92. The number of aliphatic hydroxyl groups excluding tert-OH is 1. The molecule has 1 aliphatic heterocycles. The molecule has 0 fully saturated rings. The fourth-order valence-electron chi connectivity index (χ4n) is 3.43. The third-order valence-corrected chi connectivity index (χ3v) is 7.75. The average Bonchev–Trinajstić information content (AvgIpc) is 3.34. The molecule has 1 atom stereocenters. The number of carbonyl (C=O) groups excluding carboxylic acids is 3. The first-order valence-electron chi connectivity index (χ1n) is 10.3. The number of nitrogens with zero attached hydrogens (tertiary/aromatic N) is 2. The molecule has 0 bridgehead atoms. The van der Waals surface area contributed by atoms with Crippen LogP contribution in [0.3, 0.4) is 0 Å². The van der Waals surface area contributed by atoms with Gasteiger partial charge < -0.3 is 15.3 Å². The van der Waals surface area contributed by atoms with Crippen LogP contribution in [0.2, 0.25) is 0 Å². The van der Waals surface area contributed by atoms with Gasteiger partial charge in [0, 0.05) is 35.8 Å². The number of benzene rings is 1. The smallest absolute Gasteiger partial charge is 0.328 e. The maximum Gasteiger partial charge on any atom is 0.328 e. The summed E-state index contributed by atoms with van der Waals surface area (Å²) in [6.45, 7) is 0.524. The third kappa shape index (κ3) is 5.35. The van der Waals surface area contributed by atoms with Crippen LogP contribution >= 0.6 is 0 Å². The number of nitrogens with one attached hydrogen (secondary N) is 2. The summed E-state index contributed by atoms with van der Waals surface area (Å²) in [7, 11) is -3.89. The average molecular weight is 507 g/mol. The molecule has 3 amide bonds. The molecule has 1 aromatic heterocycles. The highest BCUT2D eigenvalue weighted by Crippen LogP contribution is 2.25. The van der Waals surface area contributed by atoms with Crippen molar-refractivity contribution < 1.29 is 37.5 Å². The first-order chi connectivity index (χ1) is 16.4. The maximum absolute atomic E-state index is 14.1. The van der Waals surface area contributed by atoms with Gasteiger partial charge in [0.1, 0.15) is 12.4 Å². The first kappa shape index (κ1) is 25.9. The van der Waals surface area contributed by atoms with E-state index < -0.39 is 44.9 Å². The molecule has 0 saturated heterocycles. The van der Waals surface area contributed by atoms with E-state index >= 15 is 0 Å². The number of rotatable bonds is 7. The monoisotopic (exact) mass is 506 g/mol. The van der Waals surface area contributed by atoms with Gasteiger partial charge in [0.05, 0.1) is 12.2 Å². The van der Waals surface area contributed by atoms with Crippen molar-refractivity contribution in [3.8, 4) is 11.8 Å². The lowest BCUT2D eigenvalue weighted by molar-refractivity contribution is -0.131. The van der Waals surface area contributed by atoms with Crippen LogP contribution in [0.4, 0.5) is 14.9 Å². The zero-order valence-corrected chi connectivity index (χ0v) is 19.6. The Hall–Kier alpha value is -3.73. The van der Waals surface area contributed by atoms with E-state index in [9.17, 15) is 27.2 Å². The minimum absolute atomic E-state index is 0.0447. The Bertz CT molecular complexity index is 1360. The van der Waals surface area contributed by atoms with E-state index in [-0.39, 0.29) is 25.2 Å². The van der Waals surface area contributed by atoms with E-state index in [1.807, 2.05) is 0 Å². The highest BCUT2D eigenvalue weighted by atomic mass is 32.2. The topological polar surface area (TPSA) is 158 Å². The Morgan fingerprint density at radius 2 is 1.91 bits per heavy atom.